The van der Waals surface area contributed by atoms with E-state index in [9.17, 15) is 0 Å². The van der Waals surface area contributed by atoms with Gasteiger partial charge in [0.15, 0.2) is 0 Å². The fourth-order valence-electron chi connectivity index (χ4n) is 4.72. The van der Waals surface area contributed by atoms with E-state index in [4.69, 9.17) is 16.7 Å². The van der Waals surface area contributed by atoms with Gasteiger partial charge in [0.1, 0.15) is 16.8 Å². The normalized spacial score (nSPS) is 20.0. The molecule has 5 rings (SSSR count). The Morgan fingerprint density at radius 3 is 2.76 bits per heavy atom. The van der Waals surface area contributed by atoms with E-state index >= 15 is 0 Å². The molecule has 152 valence electrons. The second-order valence-electron chi connectivity index (χ2n) is 8.17. The molecule has 1 fully saturated rings. The first kappa shape index (κ1) is 18.8. The predicted molar refractivity (Wildman–Crippen MR) is 113 cm³/mol. The van der Waals surface area contributed by atoms with Crippen molar-refractivity contribution in [2.24, 2.45) is 0 Å². The maximum atomic E-state index is 6.79. The zero-order chi connectivity index (χ0) is 19.8. The van der Waals surface area contributed by atoms with Gasteiger partial charge in [0.2, 0.25) is 0 Å². The Kier molecular flexibility index (Phi) is 5.14. The molecule has 1 atom stereocenters. The van der Waals surface area contributed by atoms with E-state index in [-0.39, 0.29) is 0 Å². The van der Waals surface area contributed by atoms with Crippen LogP contribution in [0, 0.1) is 6.92 Å². The van der Waals surface area contributed by atoms with Crippen molar-refractivity contribution in [3.8, 4) is 5.69 Å². The maximum absolute atomic E-state index is 6.79. The van der Waals surface area contributed by atoms with Gasteiger partial charge in [0.25, 0.3) is 0 Å². The minimum atomic E-state index is 0.310. The Morgan fingerprint density at radius 1 is 1.03 bits per heavy atom. The van der Waals surface area contributed by atoms with Gasteiger partial charge in [-0.3, -0.25) is 4.90 Å². The largest absolute Gasteiger partial charge is 0.314 e. The van der Waals surface area contributed by atoms with Crippen LogP contribution < -0.4 is 0 Å². The molecule has 0 N–H and O–H groups in total. The van der Waals surface area contributed by atoms with Crippen molar-refractivity contribution in [1.29, 1.82) is 0 Å². The fourth-order valence-corrected chi connectivity index (χ4v) is 5.05. The van der Waals surface area contributed by atoms with Crippen LogP contribution in [0.25, 0.3) is 5.69 Å². The molecule has 1 aromatic carbocycles. The number of hydrogen-bond acceptors (Lipinski definition) is 4. The molecule has 1 unspecified atom stereocenters. The van der Waals surface area contributed by atoms with Crippen LogP contribution in [0.5, 0.6) is 0 Å². The van der Waals surface area contributed by atoms with Crippen LogP contribution >= 0.6 is 11.6 Å². The minimum Gasteiger partial charge on any atom is -0.314 e. The first-order valence-electron chi connectivity index (χ1n) is 10.7. The van der Waals surface area contributed by atoms with Crippen molar-refractivity contribution in [3.63, 3.8) is 0 Å². The highest BCUT2D eigenvalue weighted by molar-refractivity contribution is 6.30. The van der Waals surface area contributed by atoms with Gasteiger partial charge >= 0.3 is 0 Å². The zero-order valence-electron chi connectivity index (χ0n) is 16.9. The molecular formula is C22H27ClN6. The number of aryl methyl sites for hydroxylation is 2. The second kappa shape index (κ2) is 7.92. The van der Waals surface area contributed by atoms with Gasteiger partial charge in [0, 0.05) is 25.1 Å². The molecule has 0 saturated carbocycles. The lowest BCUT2D eigenvalue weighted by atomic mass is 10.2. The van der Waals surface area contributed by atoms with Crippen LogP contribution in [0.3, 0.4) is 0 Å². The number of nitrogens with zero attached hydrogens (tertiary/aromatic N) is 6. The highest BCUT2D eigenvalue weighted by Crippen LogP contribution is 2.35. The number of para-hydroxylation sites is 1. The Bertz CT molecular complexity index is 992. The summed E-state index contributed by atoms with van der Waals surface area (Å²) in [5, 5.41) is 14.6. The SMILES string of the molecule is Cc1nn(-c2ccccc2)c(Cl)c1CN1CCCC1c1nnc2n1CCCCC2. The lowest BCUT2D eigenvalue weighted by molar-refractivity contribution is 0.233. The highest BCUT2D eigenvalue weighted by atomic mass is 35.5. The Balaban J connectivity index is 1.43. The number of fused-ring (bicyclic) bond motifs is 1. The first-order valence-corrected chi connectivity index (χ1v) is 11.1. The average molecular weight is 411 g/mol. The Morgan fingerprint density at radius 2 is 1.90 bits per heavy atom. The molecule has 3 aromatic rings. The molecule has 0 aliphatic carbocycles. The van der Waals surface area contributed by atoms with E-state index in [1.807, 2.05) is 35.0 Å². The summed E-state index contributed by atoms with van der Waals surface area (Å²) in [6.07, 6.45) is 7.08. The maximum Gasteiger partial charge on any atom is 0.150 e. The van der Waals surface area contributed by atoms with Crippen molar-refractivity contribution < 1.29 is 0 Å². The number of rotatable bonds is 4. The number of hydrogen-bond donors (Lipinski definition) is 0. The van der Waals surface area contributed by atoms with Gasteiger partial charge in [-0.1, -0.05) is 36.2 Å². The molecule has 6 nitrogen and oxygen atoms in total. The highest BCUT2D eigenvalue weighted by Gasteiger charge is 2.32. The lowest BCUT2D eigenvalue weighted by Crippen LogP contribution is -2.26. The molecule has 2 aromatic heterocycles. The lowest BCUT2D eigenvalue weighted by Gasteiger charge is -2.24. The first-order chi connectivity index (χ1) is 14.2. The van der Waals surface area contributed by atoms with Gasteiger partial charge in [-0.05, 0) is 51.3 Å². The summed E-state index contributed by atoms with van der Waals surface area (Å²) in [6, 6.07) is 10.4. The van der Waals surface area contributed by atoms with Crippen molar-refractivity contribution in [3.05, 3.63) is 58.4 Å². The van der Waals surface area contributed by atoms with Crippen LogP contribution in [0.15, 0.2) is 30.3 Å². The van der Waals surface area contributed by atoms with E-state index in [0.29, 0.717) is 11.2 Å². The van der Waals surface area contributed by atoms with Crippen molar-refractivity contribution in [2.75, 3.05) is 6.54 Å². The number of likely N-dealkylation sites (tertiary alicyclic amines) is 1. The summed E-state index contributed by atoms with van der Waals surface area (Å²) >= 11 is 6.79. The third-order valence-corrected chi connectivity index (χ3v) is 6.67. The minimum absolute atomic E-state index is 0.310. The van der Waals surface area contributed by atoms with Crippen LogP contribution in [-0.4, -0.2) is 36.0 Å². The van der Waals surface area contributed by atoms with Gasteiger partial charge in [0.05, 0.1) is 17.4 Å². The topological polar surface area (TPSA) is 51.8 Å². The third-order valence-electron chi connectivity index (χ3n) is 6.28. The van der Waals surface area contributed by atoms with Crippen molar-refractivity contribution in [1.82, 2.24) is 29.4 Å². The molecular weight excluding hydrogens is 384 g/mol. The zero-order valence-corrected chi connectivity index (χ0v) is 17.6. The quantitative estimate of drug-likeness (QED) is 0.635. The summed E-state index contributed by atoms with van der Waals surface area (Å²) in [6.45, 7) is 4.95. The van der Waals surface area contributed by atoms with E-state index < -0.39 is 0 Å². The third kappa shape index (κ3) is 3.49. The van der Waals surface area contributed by atoms with Gasteiger partial charge in [-0.25, -0.2) is 4.68 Å². The molecule has 29 heavy (non-hydrogen) atoms. The average Bonchev–Trinajstić information content (AvgIpc) is 3.38. The molecule has 0 amide bonds. The number of benzene rings is 1. The van der Waals surface area contributed by atoms with E-state index in [0.717, 1.165) is 61.1 Å². The smallest absolute Gasteiger partial charge is 0.150 e. The van der Waals surface area contributed by atoms with E-state index in [1.165, 1.54) is 25.7 Å². The summed E-state index contributed by atoms with van der Waals surface area (Å²) in [5.74, 6) is 2.30. The van der Waals surface area contributed by atoms with Gasteiger partial charge < -0.3 is 4.57 Å². The van der Waals surface area contributed by atoms with Crippen LogP contribution in [0.1, 0.15) is 61.1 Å². The second-order valence-corrected chi connectivity index (χ2v) is 8.53. The number of halogens is 1. The standard InChI is InChI=1S/C22H27ClN6/c1-16-18(21(23)29(26-16)17-9-4-2-5-10-17)15-27-13-8-11-19(27)22-25-24-20-12-6-3-7-14-28(20)22/h2,4-5,9-10,19H,3,6-8,11-15H2,1H3. The molecule has 0 bridgehead atoms. The molecule has 0 radical (unpaired) electrons. The van der Waals surface area contributed by atoms with E-state index in [1.54, 1.807) is 0 Å². The molecule has 0 spiro atoms. The monoisotopic (exact) mass is 410 g/mol. The molecule has 2 aliphatic heterocycles. The van der Waals surface area contributed by atoms with Gasteiger partial charge in [-0.2, -0.15) is 5.10 Å². The Hall–Kier alpha value is -2.18. The summed E-state index contributed by atoms with van der Waals surface area (Å²) in [4.78, 5) is 2.51. The van der Waals surface area contributed by atoms with Crippen molar-refractivity contribution in [2.45, 2.75) is 64.6 Å². The summed E-state index contributed by atoms with van der Waals surface area (Å²) in [5.41, 5.74) is 3.09. The van der Waals surface area contributed by atoms with E-state index in [2.05, 4.69) is 26.6 Å². The molecule has 2 aliphatic rings. The van der Waals surface area contributed by atoms with Crippen molar-refractivity contribution >= 4 is 11.6 Å². The summed E-state index contributed by atoms with van der Waals surface area (Å²) in [7, 11) is 0. The van der Waals surface area contributed by atoms with Crippen LogP contribution in [0.2, 0.25) is 5.15 Å². The van der Waals surface area contributed by atoms with Crippen LogP contribution in [0.4, 0.5) is 0 Å². The molecule has 7 heteroatoms. The number of aromatic nitrogens is 5. The fraction of sp³-hybridized carbons (Fsp3) is 0.500. The predicted octanol–water partition coefficient (Wildman–Crippen LogP) is 4.49. The van der Waals surface area contributed by atoms with Crippen LogP contribution in [-0.2, 0) is 19.5 Å². The molecule has 4 heterocycles. The molecule has 1 saturated heterocycles. The summed E-state index contributed by atoms with van der Waals surface area (Å²) < 4.78 is 4.23. The Labute approximate surface area is 176 Å². The van der Waals surface area contributed by atoms with Gasteiger partial charge in [-0.15, -0.1) is 10.2 Å².